The van der Waals surface area contributed by atoms with Gasteiger partial charge in [0.05, 0.1) is 24.4 Å². The van der Waals surface area contributed by atoms with Gasteiger partial charge in [-0.1, -0.05) is 13.8 Å². The molecule has 146 valence electrons. The fourth-order valence-electron chi connectivity index (χ4n) is 5.83. The molecule has 4 nitrogen and oxygen atoms in total. The molecule has 0 radical (unpaired) electrons. The number of Topliss-reactive ketones (excluding diaryl/α,β-unsaturated/α-hetero) is 1. The van der Waals surface area contributed by atoms with E-state index in [1.807, 2.05) is 6.92 Å². The van der Waals surface area contributed by atoms with E-state index >= 15 is 0 Å². The van der Waals surface area contributed by atoms with Crippen LogP contribution in [-0.2, 0) is 15.6 Å². The maximum Gasteiger partial charge on any atom is 0.462 e. The molecule has 27 heavy (non-hydrogen) atoms. The minimum atomic E-state index is -0.520. The highest BCUT2D eigenvalue weighted by atomic mass is 19.1. The maximum atomic E-state index is 14.5. The standard InChI is InChI=1S/C21H28BFO4/c1-11-13(7-15(23)19(25-6)18(11)12(2)24)10-22-26-17-9-14-8-16(20(14,3)4)21(17,5)27-22/h7,14,16-17H,8-10H2,1-6H3/t14?,16?,17?,21-/m0/s1. The summed E-state index contributed by atoms with van der Waals surface area (Å²) in [6.07, 6.45) is 2.73. The molecule has 3 unspecified atom stereocenters. The largest absolute Gasteiger partial charge is 0.493 e. The zero-order valence-electron chi connectivity index (χ0n) is 17.0. The second-order valence-corrected chi connectivity index (χ2v) is 9.21. The Morgan fingerprint density at radius 3 is 2.67 bits per heavy atom. The predicted octanol–water partition coefficient (Wildman–Crippen LogP) is 4.16. The Morgan fingerprint density at radius 2 is 2.07 bits per heavy atom. The lowest BCUT2D eigenvalue weighted by atomic mass is 9.43. The highest BCUT2D eigenvalue weighted by molar-refractivity contribution is 6.45. The SMILES string of the molecule is COc1c(F)cc(CB2OC3CC4CC(C4(C)C)[C@]3(C)O2)c(C)c1C(C)=O. The van der Waals surface area contributed by atoms with Gasteiger partial charge >= 0.3 is 7.12 Å². The van der Waals surface area contributed by atoms with E-state index in [0.717, 1.165) is 17.5 Å². The van der Waals surface area contributed by atoms with Crippen LogP contribution in [0, 0.1) is 30.0 Å². The molecule has 1 aromatic carbocycles. The third kappa shape index (κ3) is 2.60. The van der Waals surface area contributed by atoms with Crippen LogP contribution in [0.15, 0.2) is 6.07 Å². The summed E-state index contributed by atoms with van der Waals surface area (Å²) in [4.78, 5) is 12.1. The quantitative estimate of drug-likeness (QED) is 0.587. The second-order valence-electron chi connectivity index (χ2n) is 9.21. The zero-order chi connectivity index (χ0) is 19.7. The monoisotopic (exact) mass is 374 g/mol. The molecule has 4 atom stereocenters. The van der Waals surface area contributed by atoms with Gasteiger partial charge < -0.3 is 14.0 Å². The van der Waals surface area contributed by atoms with Gasteiger partial charge in [0.2, 0.25) is 0 Å². The van der Waals surface area contributed by atoms with Crippen LogP contribution in [-0.4, -0.2) is 31.7 Å². The van der Waals surface area contributed by atoms with Crippen molar-refractivity contribution in [2.75, 3.05) is 7.11 Å². The number of ether oxygens (including phenoxy) is 1. The number of methoxy groups -OCH3 is 1. The van der Waals surface area contributed by atoms with E-state index in [9.17, 15) is 9.18 Å². The van der Waals surface area contributed by atoms with Gasteiger partial charge in [0.1, 0.15) is 0 Å². The van der Waals surface area contributed by atoms with E-state index < -0.39 is 12.9 Å². The number of ketones is 1. The molecule has 1 heterocycles. The molecule has 0 N–H and O–H groups in total. The van der Waals surface area contributed by atoms with E-state index in [-0.39, 0.29) is 28.7 Å². The Kier molecular flexibility index (Phi) is 4.24. The molecule has 3 aliphatic carbocycles. The van der Waals surface area contributed by atoms with Gasteiger partial charge in [0.25, 0.3) is 0 Å². The van der Waals surface area contributed by atoms with Crippen LogP contribution in [0.5, 0.6) is 5.75 Å². The van der Waals surface area contributed by atoms with Crippen LogP contribution in [0.1, 0.15) is 62.0 Å². The summed E-state index contributed by atoms with van der Waals surface area (Å²) in [5.41, 5.74) is 1.77. The first kappa shape index (κ1) is 18.9. The molecule has 3 saturated carbocycles. The van der Waals surface area contributed by atoms with E-state index in [2.05, 4.69) is 20.8 Å². The van der Waals surface area contributed by atoms with E-state index in [4.69, 9.17) is 14.0 Å². The normalized spacial score (nSPS) is 33.4. The molecule has 1 aliphatic heterocycles. The number of hydrogen-bond acceptors (Lipinski definition) is 4. The maximum absolute atomic E-state index is 14.5. The third-order valence-electron chi connectivity index (χ3n) is 7.55. The topological polar surface area (TPSA) is 44.8 Å². The number of halogens is 1. The Morgan fingerprint density at radius 1 is 1.37 bits per heavy atom. The van der Waals surface area contributed by atoms with Crippen molar-refractivity contribution in [3.05, 3.63) is 28.6 Å². The van der Waals surface area contributed by atoms with Gasteiger partial charge in [-0.25, -0.2) is 4.39 Å². The summed E-state index contributed by atoms with van der Waals surface area (Å²) in [7, 11) is 0.966. The van der Waals surface area contributed by atoms with Crippen LogP contribution in [0.3, 0.4) is 0 Å². The van der Waals surface area contributed by atoms with E-state index in [0.29, 0.717) is 23.7 Å². The lowest BCUT2D eigenvalue weighted by Gasteiger charge is -2.64. The van der Waals surface area contributed by atoms with Crippen molar-refractivity contribution in [1.29, 1.82) is 0 Å². The summed E-state index contributed by atoms with van der Waals surface area (Å²) >= 11 is 0. The molecule has 4 aliphatic rings. The summed E-state index contributed by atoms with van der Waals surface area (Å²) in [5, 5.41) is 0. The number of carbonyl (C=O) groups is 1. The lowest BCUT2D eigenvalue weighted by molar-refractivity contribution is -0.199. The molecule has 0 aromatic heterocycles. The van der Waals surface area contributed by atoms with Crippen molar-refractivity contribution in [1.82, 2.24) is 0 Å². The number of rotatable bonds is 4. The molecular formula is C21H28BFO4. The van der Waals surface area contributed by atoms with Crippen LogP contribution >= 0.6 is 0 Å². The fourth-order valence-corrected chi connectivity index (χ4v) is 5.83. The van der Waals surface area contributed by atoms with Crippen molar-refractivity contribution in [2.45, 2.75) is 65.5 Å². The Bertz CT molecular complexity index is 808. The van der Waals surface area contributed by atoms with Gasteiger partial charge in [-0.3, -0.25) is 4.79 Å². The fraction of sp³-hybridized carbons (Fsp3) is 0.667. The summed E-state index contributed by atoms with van der Waals surface area (Å²) in [6, 6.07) is 1.45. The van der Waals surface area contributed by atoms with Gasteiger partial charge in [-0.2, -0.15) is 0 Å². The van der Waals surface area contributed by atoms with Crippen LogP contribution in [0.2, 0.25) is 0 Å². The number of benzene rings is 1. The second kappa shape index (κ2) is 6.05. The van der Waals surface area contributed by atoms with Gasteiger partial charge in [-0.05, 0) is 68.1 Å². The predicted molar refractivity (Wildman–Crippen MR) is 102 cm³/mol. The molecule has 6 heteroatoms. The molecule has 5 rings (SSSR count). The summed E-state index contributed by atoms with van der Waals surface area (Å²) < 4.78 is 32.3. The van der Waals surface area contributed by atoms with E-state index in [1.165, 1.54) is 26.5 Å². The number of carbonyl (C=O) groups excluding carboxylic acids is 1. The molecule has 1 aromatic rings. The average molecular weight is 374 g/mol. The minimum absolute atomic E-state index is 0.0141. The molecule has 4 fully saturated rings. The van der Waals surface area contributed by atoms with E-state index in [1.54, 1.807) is 0 Å². The van der Waals surface area contributed by atoms with Gasteiger partial charge in [0.15, 0.2) is 17.3 Å². The summed E-state index contributed by atoms with van der Waals surface area (Å²) in [6.45, 7) is 10.1. The highest BCUT2D eigenvalue weighted by Gasteiger charge is 2.67. The van der Waals surface area contributed by atoms with Crippen LogP contribution in [0.25, 0.3) is 0 Å². The van der Waals surface area contributed by atoms with Gasteiger partial charge in [0, 0.05) is 6.32 Å². The first-order valence-electron chi connectivity index (χ1n) is 9.79. The Hall–Kier alpha value is -1.40. The van der Waals surface area contributed by atoms with Gasteiger partial charge in [-0.15, -0.1) is 0 Å². The van der Waals surface area contributed by atoms with Crippen LogP contribution in [0.4, 0.5) is 4.39 Å². The van der Waals surface area contributed by atoms with Crippen molar-refractivity contribution in [2.24, 2.45) is 17.3 Å². The number of hydrogen-bond donors (Lipinski definition) is 0. The molecule has 1 saturated heterocycles. The molecule has 2 bridgehead atoms. The Balaban J connectivity index is 1.61. The molecule has 0 spiro atoms. The summed E-state index contributed by atoms with van der Waals surface area (Å²) in [5.74, 6) is 0.461. The van der Waals surface area contributed by atoms with Crippen molar-refractivity contribution < 1.29 is 23.2 Å². The molecule has 0 amide bonds. The van der Waals surface area contributed by atoms with Crippen molar-refractivity contribution >= 4 is 12.9 Å². The zero-order valence-corrected chi connectivity index (χ0v) is 17.0. The molecular weight excluding hydrogens is 346 g/mol. The van der Waals surface area contributed by atoms with Crippen molar-refractivity contribution in [3.63, 3.8) is 0 Å². The lowest BCUT2D eigenvalue weighted by Crippen LogP contribution is -2.65. The Labute approximate surface area is 160 Å². The third-order valence-corrected chi connectivity index (χ3v) is 7.55. The average Bonchev–Trinajstić information content (AvgIpc) is 2.92. The van der Waals surface area contributed by atoms with Crippen molar-refractivity contribution in [3.8, 4) is 5.75 Å². The van der Waals surface area contributed by atoms with Crippen LogP contribution < -0.4 is 4.74 Å². The highest BCUT2D eigenvalue weighted by Crippen LogP contribution is 2.65. The smallest absolute Gasteiger partial charge is 0.462 e. The first-order valence-corrected chi connectivity index (χ1v) is 9.79. The minimum Gasteiger partial charge on any atom is -0.493 e. The first-order chi connectivity index (χ1) is 12.6.